The van der Waals surface area contributed by atoms with E-state index in [9.17, 15) is 4.39 Å². The number of aromatic nitrogens is 4. The van der Waals surface area contributed by atoms with Crippen LogP contribution in [0.1, 0.15) is 5.89 Å². The fourth-order valence-electron chi connectivity index (χ4n) is 2.52. The highest BCUT2D eigenvalue weighted by Crippen LogP contribution is 2.25. The summed E-state index contributed by atoms with van der Waals surface area (Å²) in [4.78, 5) is 5.61. The molecule has 28 heavy (non-hydrogen) atoms. The van der Waals surface area contributed by atoms with Gasteiger partial charge in [0.2, 0.25) is 11.7 Å². The van der Waals surface area contributed by atoms with E-state index in [-0.39, 0.29) is 5.82 Å². The van der Waals surface area contributed by atoms with Crippen LogP contribution in [-0.2, 0) is 5.75 Å². The van der Waals surface area contributed by atoms with Gasteiger partial charge in [0.05, 0.1) is 11.4 Å². The second-order valence-electron chi connectivity index (χ2n) is 5.77. The lowest BCUT2D eigenvalue weighted by Crippen LogP contribution is -1.92. The van der Waals surface area contributed by atoms with Gasteiger partial charge in [-0.2, -0.15) is 4.98 Å². The maximum absolute atomic E-state index is 13.8. The lowest BCUT2D eigenvalue weighted by Gasteiger charge is -2.02. The minimum absolute atomic E-state index is 0.318. The van der Waals surface area contributed by atoms with Crippen molar-refractivity contribution in [3.8, 4) is 22.6 Å². The lowest BCUT2D eigenvalue weighted by atomic mass is 10.1. The highest BCUT2D eigenvalue weighted by molar-refractivity contribution is 7.98. The average molecular weight is 410 g/mol. The fraction of sp³-hybridized carbons (Fsp3) is 0.100. The topological polar surface area (TPSA) is 64.7 Å². The van der Waals surface area contributed by atoms with Crippen LogP contribution in [0.3, 0.4) is 0 Å². The van der Waals surface area contributed by atoms with E-state index in [4.69, 9.17) is 4.52 Å². The van der Waals surface area contributed by atoms with Gasteiger partial charge in [0.1, 0.15) is 10.8 Å². The van der Waals surface area contributed by atoms with Gasteiger partial charge >= 0.3 is 0 Å². The molecule has 0 saturated heterocycles. The summed E-state index contributed by atoms with van der Waals surface area (Å²) >= 11 is 3.11. The number of halogens is 1. The van der Waals surface area contributed by atoms with Crippen molar-refractivity contribution in [2.75, 3.05) is 6.26 Å². The molecule has 2 aromatic carbocycles. The van der Waals surface area contributed by atoms with Crippen LogP contribution in [0.5, 0.6) is 0 Å². The zero-order valence-corrected chi connectivity index (χ0v) is 16.5. The van der Waals surface area contributed by atoms with Crippen LogP contribution in [0.2, 0.25) is 0 Å². The third kappa shape index (κ3) is 4.23. The molecule has 0 bridgehead atoms. The molecule has 0 aliphatic rings. The Balaban J connectivity index is 1.41. The molecule has 4 aromatic rings. The van der Waals surface area contributed by atoms with E-state index >= 15 is 0 Å². The summed E-state index contributed by atoms with van der Waals surface area (Å²) in [6.07, 6.45) is 2.03. The number of thioether (sulfide) groups is 2. The highest BCUT2D eigenvalue weighted by Gasteiger charge is 2.11. The summed E-state index contributed by atoms with van der Waals surface area (Å²) in [5, 5.41) is 13.0. The predicted octanol–water partition coefficient (Wildman–Crippen LogP) is 5.35. The van der Waals surface area contributed by atoms with Crippen LogP contribution in [0, 0.1) is 5.82 Å². The van der Waals surface area contributed by atoms with Crippen molar-refractivity contribution in [1.29, 1.82) is 0 Å². The normalized spacial score (nSPS) is 10.9. The first kappa shape index (κ1) is 18.6. The van der Waals surface area contributed by atoms with Crippen LogP contribution >= 0.6 is 23.5 Å². The molecule has 0 fully saturated rings. The standard InChI is InChI=1S/C20H15FN4OS2/c1-27-14-8-6-13(7-9-14)20-22-18(26-25-20)12-28-19-11-10-17(23-24-19)15-4-2-3-5-16(15)21/h2-11H,12H2,1H3. The van der Waals surface area contributed by atoms with Crippen molar-refractivity contribution in [1.82, 2.24) is 20.3 Å². The molecule has 0 amide bonds. The van der Waals surface area contributed by atoms with E-state index in [1.54, 1.807) is 42.1 Å². The molecule has 0 spiro atoms. The molecule has 0 aliphatic carbocycles. The predicted molar refractivity (Wildman–Crippen MR) is 109 cm³/mol. The molecule has 2 heterocycles. The van der Waals surface area contributed by atoms with Gasteiger partial charge in [-0.1, -0.05) is 29.1 Å². The van der Waals surface area contributed by atoms with Gasteiger partial charge in [-0.25, -0.2) is 4.39 Å². The lowest BCUT2D eigenvalue weighted by molar-refractivity contribution is 0.391. The van der Waals surface area contributed by atoms with Gasteiger partial charge in [-0.05, 0) is 54.8 Å². The minimum atomic E-state index is -0.318. The first-order valence-corrected chi connectivity index (χ1v) is 10.6. The molecule has 0 unspecified atom stereocenters. The van der Waals surface area contributed by atoms with Crippen molar-refractivity contribution in [3.63, 3.8) is 0 Å². The molecule has 0 atom stereocenters. The van der Waals surface area contributed by atoms with Gasteiger partial charge in [0, 0.05) is 16.0 Å². The first-order chi connectivity index (χ1) is 13.7. The molecule has 0 N–H and O–H groups in total. The zero-order valence-electron chi connectivity index (χ0n) is 14.9. The van der Waals surface area contributed by atoms with Crippen molar-refractivity contribution in [2.24, 2.45) is 0 Å². The molecule has 0 radical (unpaired) electrons. The number of rotatable bonds is 6. The van der Waals surface area contributed by atoms with Crippen molar-refractivity contribution >= 4 is 23.5 Å². The quantitative estimate of drug-likeness (QED) is 0.397. The van der Waals surface area contributed by atoms with Crippen LogP contribution < -0.4 is 0 Å². The van der Waals surface area contributed by atoms with Gasteiger partial charge in [0.25, 0.3) is 0 Å². The minimum Gasteiger partial charge on any atom is -0.338 e. The Kier molecular flexibility index (Phi) is 5.68. The second-order valence-corrected chi connectivity index (χ2v) is 7.64. The number of benzene rings is 2. The maximum Gasteiger partial charge on any atom is 0.237 e. The van der Waals surface area contributed by atoms with E-state index in [0.717, 1.165) is 5.56 Å². The fourth-order valence-corrected chi connectivity index (χ4v) is 3.58. The molecule has 5 nitrogen and oxygen atoms in total. The Bertz CT molecular complexity index is 1070. The average Bonchev–Trinajstić information content (AvgIpc) is 3.22. The van der Waals surface area contributed by atoms with Crippen LogP contribution in [0.15, 0.2) is 75.1 Å². The van der Waals surface area contributed by atoms with Gasteiger partial charge < -0.3 is 4.52 Å². The zero-order chi connectivity index (χ0) is 19.3. The molecular weight excluding hydrogens is 395 g/mol. The Morgan fingerprint density at radius 1 is 0.964 bits per heavy atom. The Labute approximate surface area is 169 Å². The third-order valence-electron chi connectivity index (χ3n) is 3.95. The summed E-state index contributed by atoms with van der Waals surface area (Å²) < 4.78 is 19.1. The van der Waals surface area contributed by atoms with Gasteiger partial charge in [-0.15, -0.1) is 22.0 Å². The molecule has 0 aliphatic heterocycles. The largest absolute Gasteiger partial charge is 0.338 e. The molecular formula is C20H15FN4OS2. The molecule has 0 saturated carbocycles. The Hall–Kier alpha value is -2.71. The van der Waals surface area contributed by atoms with Crippen molar-refractivity contribution < 1.29 is 8.91 Å². The van der Waals surface area contributed by atoms with Crippen molar-refractivity contribution in [2.45, 2.75) is 15.7 Å². The summed E-state index contributed by atoms with van der Waals surface area (Å²) in [6.45, 7) is 0. The Morgan fingerprint density at radius 3 is 2.50 bits per heavy atom. The number of hydrogen-bond donors (Lipinski definition) is 0. The number of hydrogen-bond acceptors (Lipinski definition) is 7. The summed E-state index contributed by atoms with van der Waals surface area (Å²) in [7, 11) is 0. The molecule has 140 valence electrons. The summed E-state index contributed by atoms with van der Waals surface area (Å²) in [5.41, 5.74) is 1.84. The summed E-state index contributed by atoms with van der Waals surface area (Å²) in [5.74, 6) is 1.23. The SMILES string of the molecule is CSc1ccc(-c2noc(CSc3ccc(-c4ccccc4F)nn3)n2)cc1. The third-order valence-corrected chi connectivity index (χ3v) is 5.60. The Morgan fingerprint density at radius 2 is 1.79 bits per heavy atom. The molecule has 2 aromatic heterocycles. The van der Waals surface area contributed by atoms with E-state index < -0.39 is 0 Å². The maximum atomic E-state index is 13.8. The monoisotopic (exact) mass is 410 g/mol. The molecule has 4 rings (SSSR count). The van der Waals surface area contributed by atoms with E-state index in [1.807, 2.05) is 30.5 Å². The summed E-state index contributed by atoms with van der Waals surface area (Å²) in [6, 6.07) is 18.0. The van der Waals surface area contributed by atoms with Crippen LogP contribution in [-0.4, -0.2) is 26.6 Å². The molecule has 8 heteroatoms. The second kappa shape index (κ2) is 8.53. The van der Waals surface area contributed by atoms with E-state index in [1.165, 1.54) is 22.7 Å². The van der Waals surface area contributed by atoms with Crippen molar-refractivity contribution in [3.05, 3.63) is 72.4 Å². The smallest absolute Gasteiger partial charge is 0.237 e. The highest BCUT2D eigenvalue weighted by atomic mass is 32.2. The first-order valence-electron chi connectivity index (χ1n) is 8.41. The van der Waals surface area contributed by atoms with E-state index in [0.29, 0.717) is 33.8 Å². The van der Waals surface area contributed by atoms with Crippen LogP contribution in [0.25, 0.3) is 22.6 Å². The number of nitrogens with zero attached hydrogens (tertiary/aromatic N) is 4. The van der Waals surface area contributed by atoms with E-state index in [2.05, 4.69) is 20.3 Å². The van der Waals surface area contributed by atoms with Gasteiger partial charge in [-0.3, -0.25) is 0 Å². The van der Waals surface area contributed by atoms with Crippen LogP contribution in [0.4, 0.5) is 4.39 Å². The van der Waals surface area contributed by atoms with Gasteiger partial charge in [0.15, 0.2) is 0 Å².